The second-order valence-corrected chi connectivity index (χ2v) is 7.96. The number of hydrogen-bond acceptors (Lipinski definition) is 6. The largest absolute Gasteiger partial charge is 0.356 e. The van der Waals surface area contributed by atoms with Gasteiger partial charge >= 0.3 is 0 Å². The first-order valence-corrected chi connectivity index (χ1v) is 10.4. The van der Waals surface area contributed by atoms with Gasteiger partial charge in [-0.1, -0.05) is 59.9 Å². The second-order valence-electron chi connectivity index (χ2n) is 6.98. The lowest BCUT2D eigenvalue weighted by atomic mass is 10.1. The van der Waals surface area contributed by atoms with E-state index in [4.69, 9.17) is 4.98 Å². The van der Waals surface area contributed by atoms with Gasteiger partial charge in [-0.3, -0.25) is 10.1 Å². The van der Waals surface area contributed by atoms with Crippen LogP contribution in [0.15, 0.2) is 60.7 Å². The molecular formula is C22H19N5OS. The van der Waals surface area contributed by atoms with E-state index in [0.29, 0.717) is 10.7 Å². The highest BCUT2D eigenvalue weighted by Gasteiger charge is 2.23. The first-order valence-electron chi connectivity index (χ1n) is 9.63. The summed E-state index contributed by atoms with van der Waals surface area (Å²) in [5, 5.41) is 13.5. The number of carbonyl (C=O) groups excluding carboxylic acids is 1. The molecule has 5 rings (SSSR count). The number of amides is 1. The van der Waals surface area contributed by atoms with Crippen LogP contribution in [0.4, 0.5) is 10.9 Å². The van der Waals surface area contributed by atoms with Gasteiger partial charge in [0.2, 0.25) is 5.13 Å². The number of nitrogens with zero attached hydrogens (tertiary/aromatic N) is 4. The van der Waals surface area contributed by atoms with Gasteiger partial charge in [-0.2, -0.15) is 0 Å². The highest BCUT2D eigenvalue weighted by molar-refractivity contribution is 7.18. The Morgan fingerprint density at radius 2 is 1.72 bits per heavy atom. The highest BCUT2D eigenvalue weighted by atomic mass is 32.1. The van der Waals surface area contributed by atoms with E-state index >= 15 is 0 Å². The average molecular weight is 401 g/mol. The third-order valence-corrected chi connectivity index (χ3v) is 5.91. The smallest absolute Gasteiger partial charge is 0.261 e. The van der Waals surface area contributed by atoms with E-state index in [1.54, 1.807) is 0 Å². The van der Waals surface area contributed by atoms with Crippen molar-refractivity contribution in [1.82, 2.24) is 15.2 Å². The molecule has 1 fully saturated rings. The molecule has 6 nitrogen and oxygen atoms in total. The van der Waals surface area contributed by atoms with Crippen molar-refractivity contribution in [3.63, 3.8) is 0 Å². The minimum absolute atomic E-state index is 0.207. The lowest BCUT2D eigenvalue weighted by molar-refractivity contribution is 0.102. The minimum atomic E-state index is -0.207. The molecule has 1 saturated heterocycles. The Hall–Kier alpha value is -3.32. The van der Waals surface area contributed by atoms with Crippen LogP contribution in [0.1, 0.15) is 23.2 Å². The molecule has 2 aromatic carbocycles. The normalized spacial score (nSPS) is 13.7. The molecule has 0 bridgehead atoms. The number of pyridine rings is 1. The van der Waals surface area contributed by atoms with Gasteiger partial charge in [0.05, 0.1) is 11.1 Å². The Labute approximate surface area is 172 Å². The maximum atomic E-state index is 13.1. The molecule has 7 heteroatoms. The van der Waals surface area contributed by atoms with E-state index in [1.165, 1.54) is 11.3 Å². The number of anilines is 2. The lowest BCUT2D eigenvalue weighted by Gasteiger charge is -2.20. The van der Waals surface area contributed by atoms with Crippen LogP contribution in [0.3, 0.4) is 0 Å². The van der Waals surface area contributed by atoms with Gasteiger partial charge in [0, 0.05) is 24.0 Å². The van der Waals surface area contributed by atoms with E-state index in [2.05, 4.69) is 20.4 Å². The lowest BCUT2D eigenvalue weighted by Crippen LogP contribution is -2.24. The predicted octanol–water partition coefficient (Wildman–Crippen LogP) is 4.61. The summed E-state index contributed by atoms with van der Waals surface area (Å²) in [6.07, 6.45) is 2.23. The summed E-state index contributed by atoms with van der Waals surface area (Å²) in [5.41, 5.74) is 2.45. The van der Waals surface area contributed by atoms with Crippen molar-refractivity contribution < 1.29 is 4.79 Å². The number of hydrogen-bond donors (Lipinski definition) is 1. The predicted molar refractivity (Wildman–Crippen MR) is 116 cm³/mol. The van der Waals surface area contributed by atoms with Crippen molar-refractivity contribution in [2.24, 2.45) is 0 Å². The van der Waals surface area contributed by atoms with Gasteiger partial charge in [-0.25, -0.2) is 4.98 Å². The summed E-state index contributed by atoms with van der Waals surface area (Å²) < 4.78 is 0. The van der Waals surface area contributed by atoms with Crippen LogP contribution >= 0.6 is 11.3 Å². The van der Waals surface area contributed by atoms with E-state index in [1.807, 2.05) is 60.7 Å². The van der Waals surface area contributed by atoms with Gasteiger partial charge in [0.25, 0.3) is 5.91 Å². The molecule has 1 N–H and O–H groups in total. The molecule has 1 aliphatic rings. The topological polar surface area (TPSA) is 71.0 Å². The number of benzene rings is 2. The summed E-state index contributed by atoms with van der Waals surface area (Å²) in [7, 11) is 0. The van der Waals surface area contributed by atoms with Crippen LogP contribution < -0.4 is 10.2 Å². The van der Waals surface area contributed by atoms with Crippen molar-refractivity contribution >= 4 is 39.1 Å². The van der Waals surface area contributed by atoms with Crippen LogP contribution in [-0.4, -0.2) is 34.2 Å². The molecule has 1 aliphatic heterocycles. The third kappa shape index (κ3) is 3.56. The van der Waals surface area contributed by atoms with Crippen LogP contribution in [0.2, 0.25) is 0 Å². The molecule has 0 spiro atoms. The zero-order valence-corrected chi connectivity index (χ0v) is 16.5. The zero-order chi connectivity index (χ0) is 19.6. The first-order chi connectivity index (χ1) is 14.3. The molecule has 0 aliphatic carbocycles. The number of para-hydroxylation sites is 1. The van der Waals surface area contributed by atoms with E-state index in [-0.39, 0.29) is 5.91 Å². The van der Waals surface area contributed by atoms with Crippen molar-refractivity contribution in [3.05, 3.63) is 66.2 Å². The van der Waals surface area contributed by atoms with Crippen LogP contribution in [0, 0.1) is 0 Å². The van der Waals surface area contributed by atoms with Crippen molar-refractivity contribution in [2.45, 2.75) is 12.8 Å². The summed E-state index contributed by atoms with van der Waals surface area (Å²) >= 11 is 1.36. The summed E-state index contributed by atoms with van der Waals surface area (Å²) in [4.78, 5) is 20.1. The average Bonchev–Trinajstić information content (AvgIpc) is 3.46. The van der Waals surface area contributed by atoms with Crippen molar-refractivity contribution in [2.75, 3.05) is 23.3 Å². The Bertz CT molecular complexity index is 1170. The standard InChI is InChI=1S/C22H19N5OS/c28-20(24-22-26-25-21(29-22)15-8-2-1-3-9-15)17-14-16-10-4-5-11-18(16)23-19(17)27-12-6-7-13-27/h1-5,8-11,14H,6-7,12-13H2,(H,24,26,28). The number of aromatic nitrogens is 3. The minimum Gasteiger partial charge on any atom is -0.356 e. The number of nitrogens with one attached hydrogen (secondary N) is 1. The molecule has 0 radical (unpaired) electrons. The fourth-order valence-electron chi connectivity index (χ4n) is 3.58. The maximum absolute atomic E-state index is 13.1. The van der Waals surface area contributed by atoms with Crippen LogP contribution in [0.25, 0.3) is 21.5 Å². The highest BCUT2D eigenvalue weighted by Crippen LogP contribution is 2.29. The monoisotopic (exact) mass is 401 g/mol. The first kappa shape index (κ1) is 17.8. The van der Waals surface area contributed by atoms with Gasteiger partial charge in [0.15, 0.2) is 0 Å². The molecule has 4 aromatic rings. The zero-order valence-electron chi connectivity index (χ0n) is 15.7. The number of fused-ring (bicyclic) bond motifs is 1. The van der Waals surface area contributed by atoms with Crippen LogP contribution in [0.5, 0.6) is 0 Å². The summed E-state index contributed by atoms with van der Waals surface area (Å²) in [6, 6.07) is 19.6. The molecule has 1 amide bonds. The van der Waals surface area contributed by atoms with Crippen molar-refractivity contribution in [1.29, 1.82) is 0 Å². The molecular weight excluding hydrogens is 382 g/mol. The molecule has 0 saturated carbocycles. The summed E-state index contributed by atoms with van der Waals surface area (Å²) in [6.45, 7) is 1.84. The maximum Gasteiger partial charge on any atom is 0.261 e. The molecule has 0 atom stereocenters. The van der Waals surface area contributed by atoms with E-state index in [9.17, 15) is 4.79 Å². The number of carbonyl (C=O) groups is 1. The van der Waals surface area contributed by atoms with E-state index in [0.717, 1.165) is 53.2 Å². The Balaban J connectivity index is 1.47. The molecule has 3 heterocycles. The molecule has 144 valence electrons. The van der Waals surface area contributed by atoms with Gasteiger partial charge in [-0.05, 0) is 25.0 Å². The molecule has 29 heavy (non-hydrogen) atoms. The van der Waals surface area contributed by atoms with Gasteiger partial charge in [0.1, 0.15) is 10.8 Å². The van der Waals surface area contributed by atoms with Crippen molar-refractivity contribution in [3.8, 4) is 10.6 Å². The number of rotatable bonds is 4. The fourth-order valence-corrected chi connectivity index (χ4v) is 4.32. The van der Waals surface area contributed by atoms with Crippen LogP contribution in [-0.2, 0) is 0 Å². The Morgan fingerprint density at radius 1 is 0.966 bits per heavy atom. The SMILES string of the molecule is O=C(Nc1nnc(-c2ccccc2)s1)c1cc2ccccc2nc1N1CCCC1. The Morgan fingerprint density at radius 3 is 2.55 bits per heavy atom. The fraction of sp³-hybridized carbons (Fsp3) is 0.182. The molecule has 2 aromatic heterocycles. The quantitative estimate of drug-likeness (QED) is 0.541. The third-order valence-electron chi connectivity index (χ3n) is 5.02. The second kappa shape index (κ2) is 7.60. The van der Waals surface area contributed by atoms with E-state index < -0.39 is 0 Å². The summed E-state index contributed by atoms with van der Waals surface area (Å²) in [5.74, 6) is 0.535. The van der Waals surface area contributed by atoms with Gasteiger partial charge < -0.3 is 4.90 Å². The molecule has 0 unspecified atom stereocenters. The van der Waals surface area contributed by atoms with Gasteiger partial charge in [-0.15, -0.1) is 10.2 Å². The Kier molecular flexibility index (Phi) is 4.65.